The van der Waals surface area contributed by atoms with E-state index >= 15 is 0 Å². The zero-order valence-corrected chi connectivity index (χ0v) is 15.1. The molecule has 8 heteroatoms. The summed E-state index contributed by atoms with van der Waals surface area (Å²) in [6.45, 7) is 0.0174. The summed E-state index contributed by atoms with van der Waals surface area (Å²) in [6.07, 6.45) is 0. The van der Waals surface area contributed by atoms with Crippen LogP contribution in [0.25, 0.3) is 11.3 Å². The molecule has 0 spiro atoms. The third-order valence-corrected chi connectivity index (χ3v) is 4.72. The Hall–Kier alpha value is -3.39. The van der Waals surface area contributed by atoms with Crippen LogP contribution in [0.5, 0.6) is 11.5 Å². The largest absolute Gasteiger partial charge is 0.497 e. The van der Waals surface area contributed by atoms with Crippen LogP contribution in [0.3, 0.4) is 0 Å². The molecule has 2 amide bonds. The number of benzene rings is 2. The van der Waals surface area contributed by atoms with E-state index in [1.165, 1.54) is 11.3 Å². The van der Waals surface area contributed by atoms with Gasteiger partial charge < -0.3 is 14.8 Å². The van der Waals surface area contributed by atoms with Gasteiger partial charge in [-0.1, -0.05) is 6.07 Å². The predicted octanol–water partition coefficient (Wildman–Crippen LogP) is 3.40. The minimum atomic E-state index is -0.263. The highest BCUT2D eigenvalue weighted by molar-refractivity contribution is 7.14. The average molecular weight is 381 g/mol. The molecule has 2 N–H and O–H groups in total. The maximum Gasteiger partial charge on any atom is 0.262 e. The molecule has 0 radical (unpaired) electrons. The van der Waals surface area contributed by atoms with Crippen LogP contribution in [0.15, 0.2) is 47.8 Å². The molecule has 7 nitrogen and oxygen atoms in total. The highest BCUT2D eigenvalue weighted by atomic mass is 32.1. The van der Waals surface area contributed by atoms with Crippen LogP contribution in [-0.4, -0.2) is 30.5 Å². The molecule has 4 rings (SSSR count). The van der Waals surface area contributed by atoms with Gasteiger partial charge in [-0.25, -0.2) is 4.98 Å². The summed E-state index contributed by atoms with van der Waals surface area (Å²) in [5, 5.41) is 7.88. The zero-order chi connectivity index (χ0) is 18.8. The second-order valence-corrected chi connectivity index (χ2v) is 6.63. The summed E-state index contributed by atoms with van der Waals surface area (Å²) in [7, 11) is 1.55. The molecule has 1 aliphatic heterocycles. The van der Waals surface area contributed by atoms with Gasteiger partial charge in [-0.05, 0) is 36.4 Å². The molecular weight excluding hydrogens is 366 g/mol. The van der Waals surface area contributed by atoms with Crippen molar-refractivity contribution in [1.29, 1.82) is 0 Å². The van der Waals surface area contributed by atoms with Crippen LogP contribution in [0.2, 0.25) is 0 Å². The van der Waals surface area contributed by atoms with Crippen molar-refractivity contribution in [2.75, 3.05) is 24.4 Å². The van der Waals surface area contributed by atoms with Crippen molar-refractivity contribution in [3.8, 4) is 22.8 Å². The molecule has 0 unspecified atom stereocenters. The van der Waals surface area contributed by atoms with Crippen LogP contribution in [-0.2, 0) is 4.79 Å². The highest BCUT2D eigenvalue weighted by Gasteiger charge is 2.17. The fourth-order valence-corrected chi connectivity index (χ4v) is 3.35. The molecule has 0 atom stereocenters. The van der Waals surface area contributed by atoms with Gasteiger partial charge in [-0.15, -0.1) is 11.3 Å². The van der Waals surface area contributed by atoms with E-state index in [4.69, 9.17) is 9.47 Å². The van der Waals surface area contributed by atoms with Gasteiger partial charge in [-0.2, -0.15) is 0 Å². The Morgan fingerprint density at radius 3 is 3.04 bits per heavy atom. The normalized spacial score (nSPS) is 12.6. The second-order valence-electron chi connectivity index (χ2n) is 5.77. The summed E-state index contributed by atoms with van der Waals surface area (Å²) < 4.78 is 10.5. The van der Waals surface area contributed by atoms with Crippen molar-refractivity contribution < 1.29 is 19.1 Å². The number of amides is 2. The summed E-state index contributed by atoms with van der Waals surface area (Å²) in [4.78, 5) is 28.3. The second kappa shape index (κ2) is 7.08. The van der Waals surface area contributed by atoms with Crippen LogP contribution >= 0.6 is 11.3 Å². The Bertz CT molecular complexity index is 1030. The first-order valence-corrected chi connectivity index (χ1v) is 8.98. The first-order valence-electron chi connectivity index (χ1n) is 8.10. The summed E-state index contributed by atoms with van der Waals surface area (Å²) >= 11 is 1.32. The first-order chi connectivity index (χ1) is 13.1. The minimum absolute atomic E-state index is 0.0174. The molecule has 0 saturated heterocycles. The van der Waals surface area contributed by atoms with Crippen LogP contribution in [0.1, 0.15) is 10.4 Å². The van der Waals surface area contributed by atoms with Crippen LogP contribution in [0, 0.1) is 0 Å². The van der Waals surface area contributed by atoms with E-state index in [0.29, 0.717) is 33.6 Å². The van der Waals surface area contributed by atoms with E-state index in [1.54, 1.807) is 43.5 Å². The van der Waals surface area contributed by atoms with Crippen LogP contribution in [0.4, 0.5) is 10.8 Å². The van der Waals surface area contributed by atoms with Crippen molar-refractivity contribution in [1.82, 2.24) is 4.98 Å². The van der Waals surface area contributed by atoms with Crippen molar-refractivity contribution in [2.24, 2.45) is 0 Å². The molecule has 2 heterocycles. The fraction of sp³-hybridized carbons (Fsp3) is 0.105. The van der Waals surface area contributed by atoms with Gasteiger partial charge in [0.2, 0.25) is 0 Å². The molecule has 3 aromatic rings. The molecule has 2 aromatic carbocycles. The smallest absolute Gasteiger partial charge is 0.262 e. The summed E-state index contributed by atoms with van der Waals surface area (Å²) in [5.41, 5.74) is 2.61. The lowest BCUT2D eigenvalue weighted by Gasteiger charge is -2.18. The number of carbonyl (C=O) groups is 2. The number of rotatable bonds is 4. The van der Waals surface area contributed by atoms with E-state index in [0.717, 1.165) is 5.56 Å². The Labute approximate surface area is 159 Å². The van der Waals surface area contributed by atoms with Crippen LogP contribution < -0.4 is 20.1 Å². The molecule has 1 aliphatic rings. The van der Waals surface area contributed by atoms with E-state index < -0.39 is 0 Å². The van der Waals surface area contributed by atoms with Gasteiger partial charge in [0, 0.05) is 16.5 Å². The van der Waals surface area contributed by atoms with E-state index in [9.17, 15) is 9.59 Å². The molecular formula is C19H15N3O4S. The minimum Gasteiger partial charge on any atom is -0.497 e. The van der Waals surface area contributed by atoms with Crippen molar-refractivity contribution >= 4 is 34.0 Å². The van der Waals surface area contributed by atoms with Gasteiger partial charge in [0.1, 0.15) is 11.5 Å². The molecule has 0 bridgehead atoms. The fourth-order valence-electron chi connectivity index (χ4n) is 2.64. The molecule has 0 saturated carbocycles. The van der Waals surface area contributed by atoms with E-state index in [2.05, 4.69) is 15.6 Å². The number of fused-ring (bicyclic) bond motifs is 1. The van der Waals surface area contributed by atoms with Gasteiger partial charge in [0.25, 0.3) is 11.8 Å². The third-order valence-electron chi connectivity index (χ3n) is 3.96. The monoisotopic (exact) mass is 381 g/mol. The Kier molecular flexibility index (Phi) is 4.47. The molecule has 1 aromatic heterocycles. The number of hydrogen-bond donors (Lipinski definition) is 2. The first kappa shape index (κ1) is 17.0. The third kappa shape index (κ3) is 3.61. The van der Waals surface area contributed by atoms with Gasteiger partial charge in [0.15, 0.2) is 11.7 Å². The number of carbonyl (C=O) groups excluding carboxylic acids is 2. The number of hydrogen-bond acceptors (Lipinski definition) is 6. The van der Waals surface area contributed by atoms with E-state index in [-0.39, 0.29) is 18.4 Å². The maximum atomic E-state index is 12.4. The Balaban J connectivity index is 1.52. The maximum absolute atomic E-state index is 12.4. The zero-order valence-electron chi connectivity index (χ0n) is 14.3. The quantitative estimate of drug-likeness (QED) is 0.723. The Morgan fingerprint density at radius 2 is 2.19 bits per heavy atom. The number of ether oxygens (including phenoxy) is 2. The number of aromatic nitrogens is 1. The lowest BCUT2D eigenvalue weighted by molar-refractivity contribution is -0.118. The highest BCUT2D eigenvalue weighted by Crippen LogP contribution is 2.33. The number of anilines is 2. The van der Waals surface area contributed by atoms with Gasteiger partial charge >= 0.3 is 0 Å². The summed E-state index contributed by atoms with van der Waals surface area (Å²) in [6, 6.07) is 12.3. The van der Waals surface area contributed by atoms with E-state index in [1.807, 2.05) is 11.4 Å². The SMILES string of the molecule is COc1cccc(C(=O)Nc2nc(-c3ccc4c(c3)NC(=O)CO4)cs2)c1. The number of nitrogens with zero attached hydrogens (tertiary/aromatic N) is 1. The van der Waals surface area contributed by atoms with Gasteiger partial charge in [0.05, 0.1) is 18.5 Å². The predicted molar refractivity (Wildman–Crippen MR) is 103 cm³/mol. The Morgan fingerprint density at radius 1 is 1.30 bits per heavy atom. The number of methoxy groups -OCH3 is 1. The molecule has 0 aliphatic carbocycles. The number of thiazole rings is 1. The molecule has 27 heavy (non-hydrogen) atoms. The standard InChI is InChI=1S/C19H15N3O4S/c1-25-13-4-2-3-12(7-13)18(24)22-19-21-15(10-27-19)11-5-6-16-14(8-11)20-17(23)9-26-16/h2-8,10H,9H2,1H3,(H,20,23)(H,21,22,24). The number of nitrogens with one attached hydrogen (secondary N) is 2. The molecule has 0 fully saturated rings. The average Bonchev–Trinajstić information content (AvgIpc) is 3.16. The lowest BCUT2D eigenvalue weighted by Crippen LogP contribution is -2.25. The molecule has 136 valence electrons. The van der Waals surface area contributed by atoms with Crippen molar-refractivity contribution in [3.63, 3.8) is 0 Å². The topological polar surface area (TPSA) is 89.5 Å². The van der Waals surface area contributed by atoms with Crippen molar-refractivity contribution in [3.05, 3.63) is 53.4 Å². The lowest BCUT2D eigenvalue weighted by atomic mass is 10.1. The van der Waals surface area contributed by atoms with Crippen molar-refractivity contribution in [2.45, 2.75) is 0 Å². The van der Waals surface area contributed by atoms with Gasteiger partial charge in [-0.3, -0.25) is 14.9 Å². The summed E-state index contributed by atoms with van der Waals surface area (Å²) in [5.74, 6) is 0.783.